The lowest BCUT2D eigenvalue weighted by Crippen LogP contribution is -2.23. The fourth-order valence-electron chi connectivity index (χ4n) is 2.72. The molecule has 0 aliphatic rings. The van der Waals surface area contributed by atoms with Gasteiger partial charge in [-0.2, -0.15) is 0 Å². The van der Waals surface area contributed by atoms with E-state index in [1.54, 1.807) is 6.92 Å². The summed E-state index contributed by atoms with van der Waals surface area (Å²) in [5, 5.41) is 0. The molecule has 29 heavy (non-hydrogen) atoms. The molecule has 0 atom stereocenters. The van der Waals surface area contributed by atoms with Gasteiger partial charge in [0.1, 0.15) is 34.3 Å². The first-order valence-corrected chi connectivity index (χ1v) is 9.07. The number of aryl methyl sites for hydroxylation is 1. The molecule has 0 aliphatic carbocycles. The van der Waals surface area contributed by atoms with Crippen LogP contribution < -0.4 is 16.0 Å². The van der Waals surface area contributed by atoms with Crippen molar-refractivity contribution in [2.45, 2.75) is 13.5 Å². The van der Waals surface area contributed by atoms with Crippen molar-refractivity contribution in [3.63, 3.8) is 0 Å². The lowest BCUT2D eigenvalue weighted by Gasteiger charge is -2.15. The van der Waals surface area contributed by atoms with Gasteiger partial charge in [0.2, 0.25) is 5.91 Å². The number of nitrogens with zero attached hydrogens (tertiary/aromatic N) is 1. The Hall–Kier alpha value is -3.07. The Morgan fingerprint density at radius 1 is 1.10 bits per heavy atom. The van der Waals surface area contributed by atoms with E-state index in [1.807, 2.05) is 0 Å². The van der Waals surface area contributed by atoms with Gasteiger partial charge in [-0.25, -0.2) is 13.2 Å². The average Bonchev–Trinajstić information content (AvgIpc) is 2.65. The van der Waals surface area contributed by atoms with Crippen LogP contribution in [0, 0.1) is 24.4 Å². The van der Waals surface area contributed by atoms with Gasteiger partial charge in [0, 0.05) is 29.0 Å². The fraction of sp³-hybridized carbons (Fsp3) is 0.100. The van der Waals surface area contributed by atoms with Crippen molar-refractivity contribution in [2.75, 3.05) is 0 Å². The van der Waals surface area contributed by atoms with Crippen LogP contribution in [0.5, 0.6) is 5.75 Å². The third kappa shape index (κ3) is 4.19. The highest BCUT2D eigenvalue weighted by Gasteiger charge is 2.17. The van der Waals surface area contributed by atoms with E-state index in [0.29, 0.717) is 5.69 Å². The van der Waals surface area contributed by atoms with Crippen LogP contribution in [0.3, 0.4) is 0 Å². The Morgan fingerprint density at radius 2 is 1.83 bits per heavy atom. The van der Waals surface area contributed by atoms with Crippen molar-refractivity contribution >= 4 is 21.8 Å². The second kappa shape index (κ2) is 8.12. The number of hydrogen-bond acceptors (Lipinski definition) is 3. The number of aromatic nitrogens is 1. The molecule has 2 aromatic carbocycles. The summed E-state index contributed by atoms with van der Waals surface area (Å²) < 4.78 is 47.8. The molecule has 0 unspecified atom stereocenters. The van der Waals surface area contributed by atoms with Crippen molar-refractivity contribution in [3.05, 3.63) is 91.6 Å². The molecule has 1 aromatic heterocycles. The van der Waals surface area contributed by atoms with Crippen molar-refractivity contribution in [1.29, 1.82) is 0 Å². The van der Waals surface area contributed by atoms with E-state index < -0.39 is 28.9 Å². The molecule has 0 spiro atoms. The van der Waals surface area contributed by atoms with Gasteiger partial charge in [-0.3, -0.25) is 14.2 Å². The van der Waals surface area contributed by atoms with Gasteiger partial charge in [0.25, 0.3) is 5.56 Å². The van der Waals surface area contributed by atoms with Gasteiger partial charge in [0.15, 0.2) is 0 Å². The number of rotatable bonds is 5. The third-order valence-electron chi connectivity index (χ3n) is 4.17. The lowest BCUT2D eigenvalue weighted by molar-refractivity contribution is 0.1000. The first-order valence-electron chi connectivity index (χ1n) is 8.27. The molecule has 3 rings (SSSR count). The molecule has 1 amide bonds. The molecule has 0 saturated carbocycles. The predicted octanol–water partition coefficient (Wildman–Crippen LogP) is 4.00. The smallest absolute Gasteiger partial charge is 0.273 e. The Bertz CT molecular complexity index is 1180. The van der Waals surface area contributed by atoms with Gasteiger partial charge in [-0.05, 0) is 53.2 Å². The van der Waals surface area contributed by atoms with Crippen LogP contribution in [0.15, 0.2) is 51.7 Å². The normalized spacial score (nSPS) is 10.8. The maximum absolute atomic E-state index is 14.4. The Kier molecular flexibility index (Phi) is 5.78. The van der Waals surface area contributed by atoms with Crippen molar-refractivity contribution in [1.82, 2.24) is 4.57 Å². The van der Waals surface area contributed by atoms with Gasteiger partial charge in [-0.15, -0.1) is 0 Å². The highest BCUT2D eigenvalue weighted by Crippen LogP contribution is 2.26. The van der Waals surface area contributed by atoms with E-state index in [4.69, 9.17) is 10.5 Å². The quantitative estimate of drug-likeness (QED) is 0.617. The molecular weight excluding hydrogens is 453 g/mol. The van der Waals surface area contributed by atoms with Crippen LogP contribution in [-0.2, 0) is 6.61 Å². The second-order valence-electron chi connectivity index (χ2n) is 6.16. The summed E-state index contributed by atoms with van der Waals surface area (Å²) in [5.41, 5.74) is 4.84. The highest BCUT2D eigenvalue weighted by molar-refractivity contribution is 9.10. The second-order valence-corrected chi connectivity index (χ2v) is 6.95. The molecule has 0 fully saturated rings. The van der Waals surface area contributed by atoms with E-state index in [9.17, 15) is 22.8 Å². The number of nitrogens with two attached hydrogens (primary N) is 1. The summed E-state index contributed by atoms with van der Waals surface area (Å²) >= 11 is 3.12. The van der Waals surface area contributed by atoms with E-state index >= 15 is 0 Å². The predicted molar refractivity (Wildman–Crippen MR) is 104 cm³/mol. The zero-order valence-electron chi connectivity index (χ0n) is 15.0. The fourth-order valence-corrected chi connectivity index (χ4v) is 3.13. The number of benzene rings is 2. The van der Waals surface area contributed by atoms with E-state index in [-0.39, 0.29) is 33.6 Å². The molecule has 5 nitrogen and oxygen atoms in total. The highest BCUT2D eigenvalue weighted by atomic mass is 79.9. The number of halogens is 4. The third-order valence-corrected chi connectivity index (χ3v) is 4.90. The van der Waals surface area contributed by atoms with Gasteiger partial charge in [0.05, 0.1) is 5.69 Å². The van der Waals surface area contributed by atoms with Crippen LogP contribution in [0.2, 0.25) is 0 Å². The molecule has 150 valence electrons. The Labute approximate surface area is 171 Å². The molecule has 0 saturated heterocycles. The number of pyridine rings is 1. The number of carbonyl (C=O) groups is 1. The summed E-state index contributed by atoms with van der Waals surface area (Å²) in [5.74, 6) is -2.97. The first-order chi connectivity index (χ1) is 13.7. The summed E-state index contributed by atoms with van der Waals surface area (Å²) in [7, 11) is 0. The number of carbonyl (C=O) groups excluding carboxylic acids is 1. The van der Waals surface area contributed by atoms with E-state index in [2.05, 4.69) is 15.9 Å². The molecule has 2 N–H and O–H groups in total. The summed E-state index contributed by atoms with van der Waals surface area (Å²) in [6.07, 6.45) is 0. The van der Waals surface area contributed by atoms with Crippen molar-refractivity contribution < 1.29 is 22.7 Å². The topological polar surface area (TPSA) is 74.3 Å². The number of primary amides is 1. The number of hydrogen-bond donors (Lipinski definition) is 1. The SMILES string of the molecule is Cc1cc(OCc2ccc(F)cc2F)c(Br)c(=O)n1-c1ccc(C(N)=O)cc1F. The van der Waals surface area contributed by atoms with Crippen LogP contribution in [0.1, 0.15) is 21.6 Å². The number of ether oxygens (including phenoxy) is 1. The van der Waals surface area contributed by atoms with Crippen LogP contribution in [0.4, 0.5) is 13.2 Å². The van der Waals surface area contributed by atoms with Gasteiger partial charge >= 0.3 is 0 Å². The number of amides is 1. The first kappa shape index (κ1) is 20.7. The molecule has 0 bridgehead atoms. The molecule has 3 aromatic rings. The minimum absolute atomic E-state index is 0.0102. The minimum Gasteiger partial charge on any atom is -0.487 e. The van der Waals surface area contributed by atoms with Gasteiger partial charge in [-0.1, -0.05) is 0 Å². The maximum atomic E-state index is 14.4. The molecular formula is C20H14BrF3N2O3. The van der Waals surface area contributed by atoms with Crippen molar-refractivity contribution in [3.8, 4) is 11.4 Å². The van der Waals surface area contributed by atoms with Crippen LogP contribution >= 0.6 is 15.9 Å². The molecule has 9 heteroatoms. The minimum atomic E-state index is -0.805. The summed E-state index contributed by atoms with van der Waals surface area (Å²) in [6.45, 7) is 1.32. The summed E-state index contributed by atoms with van der Waals surface area (Å²) in [6, 6.07) is 8.05. The zero-order valence-corrected chi connectivity index (χ0v) is 16.6. The summed E-state index contributed by atoms with van der Waals surface area (Å²) in [4.78, 5) is 23.9. The molecule has 0 radical (unpaired) electrons. The van der Waals surface area contributed by atoms with Crippen molar-refractivity contribution in [2.24, 2.45) is 5.73 Å². The van der Waals surface area contributed by atoms with E-state index in [1.165, 1.54) is 24.3 Å². The monoisotopic (exact) mass is 466 g/mol. The van der Waals surface area contributed by atoms with Crippen LogP contribution in [0.25, 0.3) is 5.69 Å². The lowest BCUT2D eigenvalue weighted by atomic mass is 10.1. The largest absolute Gasteiger partial charge is 0.487 e. The van der Waals surface area contributed by atoms with Gasteiger partial charge < -0.3 is 10.5 Å². The van der Waals surface area contributed by atoms with Crippen LogP contribution in [-0.4, -0.2) is 10.5 Å². The van der Waals surface area contributed by atoms with E-state index in [0.717, 1.165) is 22.8 Å². The standard InChI is InChI=1S/C20H14BrF3N2O3/c1-10-6-17(29-9-12-2-4-13(22)8-14(12)23)18(21)20(28)26(10)16-5-3-11(19(25)27)7-15(16)24/h2-8H,9H2,1H3,(H2,25,27). The Morgan fingerprint density at radius 3 is 2.45 bits per heavy atom. The molecule has 0 aliphatic heterocycles. The Balaban J connectivity index is 1.96. The zero-order chi connectivity index (χ0) is 21.3. The maximum Gasteiger partial charge on any atom is 0.273 e. The average molecular weight is 467 g/mol. The molecule has 1 heterocycles.